The lowest BCUT2D eigenvalue weighted by Gasteiger charge is -2.18. The topological polar surface area (TPSA) is 55.4 Å². The van der Waals surface area contributed by atoms with Crippen molar-refractivity contribution in [3.05, 3.63) is 106 Å². The van der Waals surface area contributed by atoms with Crippen LogP contribution in [0.25, 0.3) is 10.8 Å². The van der Waals surface area contributed by atoms with Crippen LogP contribution in [0.2, 0.25) is 0 Å². The van der Waals surface area contributed by atoms with Crippen molar-refractivity contribution >= 4 is 34.0 Å². The van der Waals surface area contributed by atoms with Gasteiger partial charge in [0, 0.05) is 4.88 Å². The molecule has 5 heteroatoms. The molecule has 0 saturated heterocycles. The second-order valence-corrected chi connectivity index (χ2v) is 7.54. The second kappa shape index (κ2) is 8.71. The second-order valence-electron chi connectivity index (χ2n) is 6.56. The van der Waals surface area contributed by atoms with Crippen LogP contribution in [0.5, 0.6) is 0 Å². The van der Waals surface area contributed by atoms with Crippen LogP contribution in [-0.2, 0) is 9.53 Å². The van der Waals surface area contributed by atoms with Crippen molar-refractivity contribution in [3.63, 3.8) is 0 Å². The maximum atomic E-state index is 12.5. The van der Waals surface area contributed by atoms with E-state index in [9.17, 15) is 9.59 Å². The van der Waals surface area contributed by atoms with E-state index in [0.717, 1.165) is 21.2 Å². The minimum absolute atomic E-state index is 0.275. The van der Waals surface area contributed by atoms with E-state index in [1.807, 2.05) is 78.2 Å². The summed E-state index contributed by atoms with van der Waals surface area (Å²) < 4.78 is 5.25. The van der Waals surface area contributed by atoms with E-state index in [0.29, 0.717) is 5.56 Å². The minimum Gasteiger partial charge on any atom is -0.452 e. The van der Waals surface area contributed by atoms with Crippen molar-refractivity contribution in [2.24, 2.45) is 0 Å². The molecule has 0 unspecified atom stereocenters. The van der Waals surface area contributed by atoms with Crippen LogP contribution in [0, 0.1) is 0 Å². The Labute approximate surface area is 172 Å². The predicted molar refractivity (Wildman–Crippen MR) is 115 cm³/mol. The normalized spacial score (nSPS) is 11.7. The van der Waals surface area contributed by atoms with Crippen molar-refractivity contribution in [3.8, 4) is 0 Å². The molecule has 1 amide bonds. The largest absolute Gasteiger partial charge is 0.452 e. The third-order valence-corrected chi connectivity index (χ3v) is 5.52. The van der Waals surface area contributed by atoms with Gasteiger partial charge in [0.25, 0.3) is 5.91 Å². The molecule has 4 nitrogen and oxygen atoms in total. The summed E-state index contributed by atoms with van der Waals surface area (Å²) in [6, 6.07) is 26.5. The lowest BCUT2D eigenvalue weighted by atomic mass is 10.1. The van der Waals surface area contributed by atoms with Crippen LogP contribution in [0.15, 0.2) is 90.3 Å². The van der Waals surface area contributed by atoms with Gasteiger partial charge in [-0.25, -0.2) is 4.79 Å². The Kier molecular flexibility index (Phi) is 5.68. The number of carbonyl (C=O) groups is 2. The Bertz CT molecular complexity index is 1120. The van der Waals surface area contributed by atoms with Gasteiger partial charge in [-0.3, -0.25) is 4.79 Å². The zero-order valence-corrected chi connectivity index (χ0v) is 16.4. The molecule has 1 heterocycles. The van der Waals surface area contributed by atoms with Gasteiger partial charge in [-0.2, -0.15) is 0 Å². The molecule has 3 aromatic carbocycles. The van der Waals surface area contributed by atoms with Crippen LogP contribution in [-0.4, -0.2) is 18.5 Å². The van der Waals surface area contributed by atoms with Gasteiger partial charge in [-0.15, -0.1) is 11.3 Å². The van der Waals surface area contributed by atoms with E-state index in [2.05, 4.69) is 5.32 Å². The van der Waals surface area contributed by atoms with Crippen molar-refractivity contribution in [2.75, 3.05) is 6.61 Å². The monoisotopic (exact) mass is 401 g/mol. The number of ether oxygens (including phenoxy) is 1. The van der Waals surface area contributed by atoms with Gasteiger partial charge in [0.2, 0.25) is 0 Å². The SMILES string of the molecule is O=C(COC(=O)c1ccc2ccccc2c1)N[C@@H](c1ccccc1)c1cccs1. The van der Waals surface area contributed by atoms with Crippen LogP contribution in [0.3, 0.4) is 0 Å². The van der Waals surface area contributed by atoms with Gasteiger partial charge >= 0.3 is 5.97 Å². The van der Waals surface area contributed by atoms with E-state index < -0.39 is 5.97 Å². The predicted octanol–water partition coefficient (Wildman–Crippen LogP) is 4.96. The van der Waals surface area contributed by atoms with Gasteiger partial charge < -0.3 is 10.1 Å². The van der Waals surface area contributed by atoms with Crippen LogP contribution < -0.4 is 5.32 Å². The van der Waals surface area contributed by atoms with E-state index in [1.165, 1.54) is 0 Å². The number of thiophene rings is 1. The maximum Gasteiger partial charge on any atom is 0.338 e. The maximum absolute atomic E-state index is 12.5. The molecular weight excluding hydrogens is 382 g/mol. The average Bonchev–Trinajstić information content (AvgIpc) is 3.30. The molecule has 1 N–H and O–H groups in total. The molecule has 144 valence electrons. The average molecular weight is 401 g/mol. The number of carbonyl (C=O) groups excluding carboxylic acids is 2. The number of nitrogens with one attached hydrogen (secondary N) is 1. The third kappa shape index (κ3) is 4.52. The Morgan fingerprint density at radius 1 is 0.862 bits per heavy atom. The molecule has 0 aliphatic rings. The highest BCUT2D eigenvalue weighted by atomic mass is 32.1. The zero-order valence-electron chi connectivity index (χ0n) is 15.6. The number of hydrogen-bond acceptors (Lipinski definition) is 4. The first-order chi connectivity index (χ1) is 14.2. The van der Waals surface area contributed by atoms with Gasteiger partial charge in [-0.05, 0) is 39.9 Å². The summed E-state index contributed by atoms with van der Waals surface area (Å²) in [5.74, 6) is -0.861. The summed E-state index contributed by atoms with van der Waals surface area (Å²) in [6.07, 6.45) is 0. The Morgan fingerprint density at radius 2 is 1.62 bits per heavy atom. The summed E-state index contributed by atoms with van der Waals surface area (Å²) in [5.41, 5.74) is 1.40. The first-order valence-electron chi connectivity index (χ1n) is 9.24. The van der Waals surface area contributed by atoms with Crippen molar-refractivity contribution < 1.29 is 14.3 Å². The van der Waals surface area contributed by atoms with Gasteiger partial charge in [-0.1, -0.05) is 66.7 Å². The summed E-state index contributed by atoms with van der Waals surface area (Å²) in [4.78, 5) is 25.9. The van der Waals surface area contributed by atoms with Gasteiger partial charge in [0.05, 0.1) is 11.6 Å². The molecule has 0 saturated carbocycles. The van der Waals surface area contributed by atoms with Gasteiger partial charge in [0.15, 0.2) is 6.61 Å². The Morgan fingerprint density at radius 3 is 2.38 bits per heavy atom. The van der Waals surface area contributed by atoms with Crippen molar-refractivity contribution in [1.29, 1.82) is 0 Å². The summed E-state index contributed by atoms with van der Waals surface area (Å²) in [6.45, 7) is -0.333. The van der Waals surface area contributed by atoms with Crippen LogP contribution >= 0.6 is 11.3 Å². The smallest absolute Gasteiger partial charge is 0.338 e. The number of esters is 1. The molecule has 0 aliphatic carbocycles. The zero-order chi connectivity index (χ0) is 20.1. The fourth-order valence-electron chi connectivity index (χ4n) is 3.15. The fourth-order valence-corrected chi connectivity index (χ4v) is 3.96. The molecule has 1 aromatic heterocycles. The van der Waals surface area contributed by atoms with E-state index in [-0.39, 0.29) is 18.6 Å². The highest BCUT2D eigenvalue weighted by molar-refractivity contribution is 7.10. The number of amides is 1. The number of hydrogen-bond donors (Lipinski definition) is 1. The minimum atomic E-state index is -0.515. The molecule has 0 aliphatic heterocycles. The van der Waals surface area contributed by atoms with Crippen LogP contribution in [0.1, 0.15) is 26.8 Å². The third-order valence-electron chi connectivity index (χ3n) is 4.59. The molecule has 4 aromatic rings. The molecule has 0 radical (unpaired) electrons. The molecule has 0 fully saturated rings. The fraction of sp³-hybridized carbons (Fsp3) is 0.0833. The molecule has 4 rings (SSSR count). The summed E-state index contributed by atoms with van der Waals surface area (Å²) in [5, 5.41) is 6.93. The highest BCUT2D eigenvalue weighted by Gasteiger charge is 2.19. The van der Waals surface area contributed by atoms with Crippen LogP contribution in [0.4, 0.5) is 0 Å². The lowest BCUT2D eigenvalue weighted by Crippen LogP contribution is -2.32. The lowest BCUT2D eigenvalue weighted by molar-refractivity contribution is -0.124. The van der Waals surface area contributed by atoms with E-state index in [4.69, 9.17) is 4.74 Å². The standard InChI is InChI=1S/C24H19NO3S/c26-22(25-23(21-11-6-14-29-21)18-8-2-1-3-9-18)16-28-24(27)20-13-12-17-7-4-5-10-19(17)15-20/h1-15,23H,16H2,(H,25,26)/t23-/m0/s1. The Hall–Kier alpha value is -3.44. The van der Waals surface area contributed by atoms with Gasteiger partial charge in [0.1, 0.15) is 0 Å². The molecular formula is C24H19NO3S. The molecule has 0 bridgehead atoms. The molecule has 1 atom stereocenters. The van der Waals surface area contributed by atoms with Crippen molar-refractivity contribution in [2.45, 2.75) is 6.04 Å². The highest BCUT2D eigenvalue weighted by Crippen LogP contribution is 2.25. The molecule has 29 heavy (non-hydrogen) atoms. The quantitative estimate of drug-likeness (QED) is 0.465. The molecule has 0 spiro atoms. The summed E-state index contributed by atoms with van der Waals surface area (Å²) >= 11 is 1.57. The van der Waals surface area contributed by atoms with E-state index >= 15 is 0 Å². The first kappa shape index (κ1) is 18.9. The van der Waals surface area contributed by atoms with Crippen molar-refractivity contribution in [1.82, 2.24) is 5.32 Å². The van der Waals surface area contributed by atoms with E-state index in [1.54, 1.807) is 23.5 Å². The first-order valence-corrected chi connectivity index (χ1v) is 10.1. The number of benzene rings is 3. The number of fused-ring (bicyclic) bond motifs is 1. The number of rotatable bonds is 6. The summed E-state index contributed by atoms with van der Waals surface area (Å²) in [7, 11) is 0. The Balaban J connectivity index is 1.42.